The van der Waals surface area contributed by atoms with Crippen LogP contribution in [0.4, 0.5) is 4.39 Å². The van der Waals surface area contributed by atoms with E-state index in [1.54, 1.807) is 0 Å². The van der Waals surface area contributed by atoms with Gasteiger partial charge in [-0.2, -0.15) is 0 Å². The van der Waals surface area contributed by atoms with E-state index in [0.29, 0.717) is 17.4 Å². The SMILES string of the molecule is O=C(CC1CCCCC1)c1cc(Cl)ccc1F. The van der Waals surface area contributed by atoms with E-state index in [9.17, 15) is 9.18 Å². The second-order valence-corrected chi connectivity index (χ2v) is 5.19. The van der Waals surface area contributed by atoms with Crippen LogP contribution in [0.2, 0.25) is 5.02 Å². The summed E-state index contributed by atoms with van der Waals surface area (Å²) in [5, 5.41) is 0.415. The lowest BCUT2D eigenvalue weighted by Crippen LogP contribution is -2.13. The van der Waals surface area contributed by atoms with Gasteiger partial charge in [-0.1, -0.05) is 43.7 Å². The van der Waals surface area contributed by atoms with Crippen LogP contribution >= 0.6 is 11.6 Å². The van der Waals surface area contributed by atoms with Gasteiger partial charge in [0.2, 0.25) is 0 Å². The monoisotopic (exact) mass is 254 g/mol. The molecule has 1 aromatic rings. The summed E-state index contributed by atoms with van der Waals surface area (Å²) in [7, 11) is 0. The van der Waals surface area contributed by atoms with E-state index < -0.39 is 5.82 Å². The van der Waals surface area contributed by atoms with Crippen molar-refractivity contribution in [2.45, 2.75) is 38.5 Å². The zero-order chi connectivity index (χ0) is 12.3. The maximum Gasteiger partial charge on any atom is 0.166 e. The Morgan fingerprint density at radius 2 is 2.00 bits per heavy atom. The van der Waals surface area contributed by atoms with Crippen LogP contribution in [0.5, 0.6) is 0 Å². The molecule has 1 saturated carbocycles. The maximum absolute atomic E-state index is 13.5. The van der Waals surface area contributed by atoms with Crippen molar-refractivity contribution in [1.29, 1.82) is 0 Å². The van der Waals surface area contributed by atoms with Crippen LogP contribution in [0.25, 0.3) is 0 Å². The van der Waals surface area contributed by atoms with Gasteiger partial charge in [0.1, 0.15) is 5.82 Å². The highest BCUT2D eigenvalue weighted by Crippen LogP contribution is 2.28. The molecule has 1 nitrogen and oxygen atoms in total. The second kappa shape index (κ2) is 5.63. The fraction of sp³-hybridized carbons (Fsp3) is 0.500. The number of carbonyl (C=O) groups is 1. The summed E-state index contributed by atoms with van der Waals surface area (Å²) >= 11 is 5.78. The van der Waals surface area contributed by atoms with Crippen LogP contribution in [0.3, 0.4) is 0 Å². The molecule has 0 bridgehead atoms. The number of benzene rings is 1. The summed E-state index contributed by atoms with van der Waals surface area (Å²) in [6.07, 6.45) is 6.28. The molecule has 1 aromatic carbocycles. The van der Waals surface area contributed by atoms with E-state index in [0.717, 1.165) is 12.8 Å². The highest BCUT2D eigenvalue weighted by Gasteiger charge is 2.20. The number of carbonyl (C=O) groups excluding carboxylic acids is 1. The van der Waals surface area contributed by atoms with Gasteiger partial charge < -0.3 is 0 Å². The van der Waals surface area contributed by atoms with Crippen molar-refractivity contribution in [3.8, 4) is 0 Å². The highest BCUT2D eigenvalue weighted by molar-refractivity contribution is 6.31. The fourth-order valence-electron chi connectivity index (χ4n) is 2.47. The molecule has 0 aromatic heterocycles. The molecule has 92 valence electrons. The van der Waals surface area contributed by atoms with Gasteiger partial charge in [-0.15, -0.1) is 0 Å². The largest absolute Gasteiger partial charge is 0.294 e. The van der Waals surface area contributed by atoms with Crippen molar-refractivity contribution in [1.82, 2.24) is 0 Å². The van der Waals surface area contributed by atoms with E-state index in [2.05, 4.69) is 0 Å². The minimum absolute atomic E-state index is 0.114. The van der Waals surface area contributed by atoms with Crippen molar-refractivity contribution in [3.63, 3.8) is 0 Å². The van der Waals surface area contributed by atoms with Gasteiger partial charge in [-0.25, -0.2) is 4.39 Å². The first-order valence-corrected chi connectivity index (χ1v) is 6.53. The zero-order valence-electron chi connectivity index (χ0n) is 9.72. The Bertz CT molecular complexity index is 411. The third kappa shape index (κ3) is 3.29. The standard InChI is InChI=1S/C14H16ClFO/c15-11-6-7-13(16)12(9-11)14(17)8-10-4-2-1-3-5-10/h6-7,9-10H,1-5,8H2. The molecule has 1 aliphatic carbocycles. The molecule has 0 N–H and O–H groups in total. The molecule has 0 unspecified atom stereocenters. The first kappa shape index (κ1) is 12.6. The van der Waals surface area contributed by atoms with Gasteiger partial charge in [0.25, 0.3) is 0 Å². The smallest absolute Gasteiger partial charge is 0.166 e. The average Bonchev–Trinajstić information content (AvgIpc) is 2.33. The molecule has 0 saturated heterocycles. The molecule has 1 aliphatic rings. The van der Waals surface area contributed by atoms with Gasteiger partial charge in [-0.05, 0) is 24.1 Å². The Kier molecular flexibility index (Phi) is 4.16. The summed E-state index contributed by atoms with van der Waals surface area (Å²) in [4.78, 5) is 12.0. The predicted octanol–water partition coefficient (Wildman–Crippen LogP) is 4.63. The van der Waals surface area contributed by atoms with E-state index in [1.807, 2.05) is 0 Å². The molecule has 2 rings (SSSR count). The Balaban J connectivity index is 2.05. The van der Waals surface area contributed by atoms with E-state index in [4.69, 9.17) is 11.6 Å². The van der Waals surface area contributed by atoms with Crippen molar-refractivity contribution in [2.24, 2.45) is 5.92 Å². The lowest BCUT2D eigenvalue weighted by atomic mass is 9.85. The summed E-state index contributed by atoms with van der Waals surface area (Å²) in [6.45, 7) is 0. The number of rotatable bonds is 3. The minimum atomic E-state index is -0.463. The summed E-state index contributed by atoms with van der Waals surface area (Å²) in [5.41, 5.74) is 0.142. The van der Waals surface area contributed by atoms with Gasteiger partial charge in [0, 0.05) is 11.4 Å². The van der Waals surface area contributed by atoms with Crippen molar-refractivity contribution >= 4 is 17.4 Å². The van der Waals surface area contributed by atoms with E-state index in [-0.39, 0.29) is 11.3 Å². The normalized spacial score (nSPS) is 17.1. The maximum atomic E-state index is 13.5. The lowest BCUT2D eigenvalue weighted by Gasteiger charge is -2.20. The van der Waals surface area contributed by atoms with Crippen LogP contribution in [-0.4, -0.2) is 5.78 Å². The molecule has 0 aliphatic heterocycles. The molecule has 3 heteroatoms. The first-order valence-electron chi connectivity index (χ1n) is 6.15. The highest BCUT2D eigenvalue weighted by atomic mass is 35.5. The molecule has 0 atom stereocenters. The summed E-state index contributed by atoms with van der Waals surface area (Å²) < 4.78 is 13.5. The molecule has 0 radical (unpaired) electrons. The van der Waals surface area contributed by atoms with Gasteiger partial charge in [0.15, 0.2) is 5.78 Å². The zero-order valence-corrected chi connectivity index (χ0v) is 10.5. The van der Waals surface area contributed by atoms with Crippen molar-refractivity contribution in [2.75, 3.05) is 0 Å². The number of Topliss-reactive ketones (excluding diaryl/α,β-unsaturated/α-hetero) is 1. The van der Waals surface area contributed by atoms with Gasteiger partial charge in [0.05, 0.1) is 5.56 Å². The Hall–Kier alpha value is -0.890. The molecule has 17 heavy (non-hydrogen) atoms. The van der Waals surface area contributed by atoms with Crippen LogP contribution < -0.4 is 0 Å². The minimum Gasteiger partial charge on any atom is -0.294 e. The van der Waals surface area contributed by atoms with E-state index in [1.165, 1.54) is 37.5 Å². The second-order valence-electron chi connectivity index (χ2n) is 4.76. The van der Waals surface area contributed by atoms with Crippen molar-refractivity contribution in [3.05, 3.63) is 34.6 Å². The molecular formula is C14H16ClFO. The van der Waals surface area contributed by atoms with Gasteiger partial charge in [-0.3, -0.25) is 4.79 Å². The molecule has 0 heterocycles. The molecular weight excluding hydrogens is 239 g/mol. The Labute approximate surface area is 106 Å². The van der Waals surface area contributed by atoms with Crippen molar-refractivity contribution < 1.29 is 9.18 Å². The third-order valence-electron chi connectivity index (χ3n) is 3.43. The number of hydrogen-bond donors (Lipinski definition) is 0. The van der Waals surface area contributed by atoms with Crippen LogP contribution in [-0.2, 0) is 0 Å². The number of ketones is 1. The van der Waals surface area contributed by atoms with Crippen LogP contribution in [0.1, 0.15) is 48.9 Å². The Morgan fingerprint density at radius 1 is 1.29 bits per heavy atom. The topological polar surface area (TPSA) is 17.1 Å². The van der Waals surface area contributed by atoms with Crippen LogP contribution in [0, 0.1) is 11.7 Å². The average molecular weight is 255 g/mol. The fourth-order valence-corrected chi connectivity index (χ4v) is 2.65. The third-order valence-corrected chi connectivity index (χ3v) is 3.66. The molecule has 1 fully saturated rings. The van der Waals surface area contributed by atoms with E-state index >= 15 is 0 Å². The summed E-state index contributed by atoms with van der Waals surface area (Å²) in [5.74, 6) is -0.151. The molecule has 0 amide bonds. The lowest BCUT2D eigenvalue weighted by molar-refractivity contribution is 0.0946. The van der Waals surface area contributed by atoms with Crippen LogP contribution in [0.15, 0.2) is 18.2 Å². The van der Waals surface area contributed by atoms with Gasteiger partial charge >= 0.3 is 0 Å². The predicted molar refractivity (Wildman–Crippen MR) is 66.9 cm³/mol. The Morgan fingerprint density at radius 3 is 2.71 bits per heavy atom. The number of hydrogen-bond acceptors (Lipinski definition) is 1. The molecule has 0 spiro atoms. The summed E-state index contributed by atoms with van der Waals surface area (Å²) in [6, 6.07) is 4.16. The quantitative estimate of drug-likeness (QED) is 0.719. The number of halogens is 2. The first-order chi connectivity index (χ1) is 8.16.